The minimum atomic E-state index is -0.326. The molecule has 40 heavy (non-hydrogen) atoms. The summed E-state index contributed by atoms with van der Waals surface area (Å²) >= 11 is 0. The van der Waals surface area contributed by atoms with E-state index < -0.39 is 0 Å². The Balaban J connectivity index is 1.96. The number of carbonyl (C=O) groups excluding carboxylic acids is 2. The maximum absolute atomic E-state index is 12.3. The van der Waals surface area contributed by atoms with Crippen LogP contribution in [0.4, 0.5) is 0 Å². The maximum atomic E-state index is 12.3. The first-order chi connectivity index (χ1) is 19.3. The molecule has 0 saturated heterocycles. The van der Waals surface area contributed by atoms with Gasteiger partial charge in [0.05, 0.1) is 0 Å². The minimum absolute atomic E-state index is 0.178. The lowest BCUT2D eigenvalue weighted by molar-refractivity contribution is -0.151. The summed E-state index contributed by atoms with van der Waals surface area (Å²) in [6, 6.07) is 12.5. The largest absolute Gasteiger partial charge is 0.488 e. The fourth-order valence-corrected chi connectivity index (χ4v) is 4.64. The van der Waals surface area contributed by atoms with Crippen molar-refractivity contribution < 1.29 is 28.5 Å². The van der Waals surface area contributed by atoms with Crippen molar-refractivity contribution in [3.63, 3.8) is 0 Å². The van der Waals surface area contributed by atoms with Crippen LogP contribution in [0.1, 0.15) is 90.2 Å². The van der Waals surface area contributed by atoms with E-state index in [1.165, 1.54) is 0 Å². The fourth-order valence-electron chi connectivity index (χ4n) is 4.64. The predicted octanol–water partition coefficient (Wildman–Crippen LogP) is 8.39. The van der Waals surface area contributed by atoms with Gasteiger partial charge in [-0.1, -0.05) is 75.9 Å². The molecule has 6 heteroatoms. The fraction of sp³-hybridized carbons (Fsp3) is 0.529. The molecule has 3 rings (SSSR count). The Bertz CT molecular complexity index is 1180. The Morgan fingerprint density at radius 1 is 0.625 bits per heavy atom. The molecule has 0 saturated carbocycles. The lowest BCUT2D eigenvalue weighted by Gasteiger charge is -2.22. The number of aryl methyl sites for hydroxylation is 2. The van der Waals surface area contributed by atoms with Gasteiger partial charge in [-0.05, 0) is 51.7 Å². The van der Waals surface area contributed by atoms with E-state index in [-0.39, 0.29) is 37.4 Å². The van der Waals surface area contributed by atoms with Crippen molar-refractivity contribution in [2.24, 2.45) is 0 Å². The van der Waals surface area contributed by atoms with Crippen LogP contribution in [0.5, 0.6) is 11.5 Å². The van der Waals surface area contributed by atoms with Crippen LogP contribution in [0, 0.1) is 13.8 Å². The molecular weight excluding hydrogens is 504 g/mol. The van der Waals surface area contributed by atoms with E-state index >= 15 is 0 Å². The lowest BCUT2D eigenvalue weighted by atomic mass is 9.97. The van der Waals surface area contributed by atoms with Crippen LogP contribution in [0.3, 0.4) is 0 Å². The van der Waals surface area contributed by atoms with Gasteiger partial charge >= 0.3 is 11.9 Å². The van der Waals surface area contributed by atoms with Crippen molar-refractivity contribution in [2.45, 2.75) is 105 Å². The molecule has 3 aromatic rings. The summed E-state index contributed by atoms with van der Waals surface area (Å²) in [5.74, 6) is 1.15. The van der Waals surface area contributed by atoms with E-state index in [2.05, 4.69) is 64.1 Å². The first kappa shape index (κ1) is 31.3. The SMILES string of the molecule is CCCCC(=O)OC(CC)COc1c2ccc(C)cc2c(OCC(CC)OC(=O)CCCC)c2ccc(C)cc12. The number of rotatable bonds is 16. The summed E-state index contributed by atoms with van der Waals surface area (Å²) in [5.41, 5.74) is 2.20. The van der Waals surface area contributed by atoms with Gasteiger partial charge in [-0.3, -0.25) is 9.59 Å². The van der Waals surface area contributed by atoms with Crippen LogP contribution in [-0.4, -0.2) is 37.4 Å². The number of benzene rings is 3. The van der Waals surface area contributed by atoms with Crippen molar-refractivity contribution in [1.29, 1.82) is 0 Å². The number of hydrogen-bond donors (Lipinski definition) is 0. The van der Waals surface area contributed by atoms with Gasteiger partial charge in [0, 0.05) is 34.4 Å². The second kappa shape index (κ2) is 15.5. The van der Waals surface area contributed by atoms with Gasteiger partial charge in [0.2, 0.25) is 0 Å². The van der Waals surface area contributed by atoms with E-state index in [1.807, 2.05) is 13.8 Å². The van der Waals surface area contributed by atoms with Crippen LogP contribution < -0.4 is 9.47 Å². The standard InChI is InChI=1S/C34H46O6/c1-7-11-13-31(35)39-25(9-3)21-37-33-27-17-15-24(6)20-30(27)34(28-18-16-23(5)19-29(28)33)38-22-26(10-4)40-32(36)14-12-8-2/h15-20,25-26H,7-14,21-22H2,1-6H3. The Kier molecular flexibility index (Phi) is 12.1. The zero-order chi connectivity index (χ0) is 29.1. The van der Waals surface area contributed by atoms with Crippen LogP contribution in [0.25, 0.3) is 21.5 Å². The van der Waals surface area contributed by atoms with Crippen LogP contribution in [-0.2, 0) is 19.1 Å². The number of unbranched alkanes of at least 4 members (excludes halogenated alkanes) is 2. The predicted molar refractivity (Wildman–Crippen MR) is 161 cm³/mol. The van der Waals surface area contributed by atoms with Crippen LogP contribution in [0.2, 0.25) is 0 Å². The van der Waals surface area contributed by atoms with Crippen molar-refractivity contribution in [3.05, 3.63) is 47.5 Å². The summed E-state index contributed by atoms with van der Waals surface area (Å²) in [4.78, 5) is 24.6. The number of carbonyl (C=O) groups is 2. The quantitative estimate of drug-likeness (QED) is 0.132. The van der Waals surface area contributed by atoms with Gasteiger partial charge in [0.25, 0.3) is 0 Å². The van der Waals surface area contributed by atoms with E-state index in [0.717, 1.165) is 69.9 Å². The zero-order valence-electron chi connectivity index (χ0n) is 25.1. The van der Waals surface area contributed by atoms with Gasteiger partial charge in [0.15, 0.2) is 0 Å². The first-order valence-corrected chi connectivity index (χ1v) is 14.9. The number of esters is 2. The molecule has 0 spiro atoms. The Morgan fingerprint density at radius 3 is 1.38 bits per heavy atom. The summed E-state index contributed by atoms with van der Waals surface area (Å²) < 4.78 is 24.4. The molecule has 0 aliphatic heterocycles. The molecule has 0 fully saturated rings. The summed E-state index contributed by atoms with van der Waals surface area (Å²) in [6.45, 7) is 12.8. The molecular formula is C34H46O6. The summed E-state index contributed by atoms with van der Waals surface area (Å²) in [5, 5.41) is 3.73. The zero-order valence-corrected chi connectivity index (χ0v) is 25.1. The van der Waals surface area contributed by atoms with E-state index in [9.17, 15) is 9.59 Å². The highest BCUT2D eigenvalue weighted by atomic mass is 16.6. The van der Waals surface area contributed by atoms with E-state index in [0.29, 0.717) is 25.7 Å². The molecule has 0 aliphatic rings. The van der Waals surface area contributed by atoms with Crippen LogP contribution >= 0.6 is 0 Å². The normalized spacial score (nSPS) is 12.8. The minimum Gasteiger partial charge on any atom is -0.488 e. The molecule has 0 aromatic heterocycles. The highest BCUT2D eigenvalue weighted by Gasteiger charge is 2.21. The van der Waals surface area contributed by atoms with Crippen molar-refractivity contribution >= 4 is 33.5 Å². The molecule has 0 aliphatic carbocycles. The van der Waals surface area contributed by atoms with Gasteiger partial charge in [0.1, 0.15) is 36.9 Å². The summed E-state index contributed by atoms with van der Waals surface area (Å²) in [7, 11) is 0. The van der Waals surface area contributed by atoms with Gasteiger partial charge < -0.3 is 18.9 Å². The van der Waals surface area contributed by atoms with Gasteiger partial charge in [-0.2, -0.15) is 0 Å². The van der Waals surface area contributed by atoms with Gasteiger partial charge in [-0.25, -0.2) is 0 Å². The first-order valence-electron chi connectivity index (χ1n) is 14.9. The van der Waals surface area contributed by atoms with Crippen molar-refractivity contribution in [2.75, 3.05) is 13.2 Å². The average molecular weight is 551 g/mol. The monoisotopic (exact) mass is 550 g/mol. The molecule has 0 heterocycles. The third kappa shape index (κ3) is 8.36. The molecule has 218 valence electrons. The van der Waals surface area contributed by atoms with E-state index in [1.54, 1.807) is 0 Å². The second-order valence-electron chi connectivity index (χ2n) is 10.6. The molecule has 3 aromatic carbocycles. The van der Waals surface area contributed by atoms with Crippen molar-refractivity contribution in [3.8, 4) is 11.5 Å². The summed E-state index contributed by atoms with van der Waals surface area (Å²) in [6.07, 6.45) is 5.09. The number of ether oxygens (including phenoxy) is 4. The van der Waals surface area contributed by atoms with E-state index in [4.69, 9.17) is 18.9 Å². The van der Waals surface area contributed by atoms with Crippen LogP contribution in [0.15, 0.2) is 36.4 Å². The average Bonchev–Trinajstić information content (AvgIpc) is 2.95. The third-order valence-electron chi connectivity index (χ3n) is 7.13. The van der Waals surface area contributed by atoms with Crippen molar-refractivity contribution in [1.82, 2.24) is 0 Å². The molecule has 0 amide bonds. The number of hydrogen-bond acceptors (Lipinski definition) is 6. The topological polar surface area (TPSA) is 71.1 Å². The molecule has 2 atom stereocenters. The smallest absolute Gasteiger partial charge is 0.306 e. The molecule has 2 unspecified atom stereocenters. The maximum Gasteiger partial charge on any atom is 0.306 e. The Labute approximate surface area is 239 Å². The Hall–Kier alpha value is -3.28. The highest BCUT2D eigenvalue weighted by molar-refractivity contribution is 6.11. The molecule has 0 radical (unpaired) electrons. The molecule has 6 nitrogen and oxygen atoms in total. The molecule has 0 bridgehead atoms. The Morgan fingerprint density at radius 2 is 1.02 bits per heavy atom. The second-order valence-corrected chi connectivity index (χ2v) is 10.6. The molecule has 0 N–H and O–H groups in total. The third-order valence-corrected chi connectivity index (χ3v) is 7.13. The lowest BCUT2D eigenvalue weighted by Crippen LogP contribution is -2.25. The van der Waals surface area contributed by atoms with Gasteiger partial charge in [-0.15, -0.1) is 0 Å². The number of fused-ring (bicyclic) bond motifs is 2. The highest BCUT2D eigenvalue weighted by Crippen LogP contribution is 2.43.